The van der Waals surface area contributed by atoms with E-state index in [4.69, 9.17) is 9.15 Å². The topological polar surface area (TPSA) is 114 Å². The van der Waals surface area contributed by atoms with Crippen LogP contribution in [0.3, 0.4) is 0 Å². The molecule has 36 heavy (non-hydrogen) atoms. The minimum Gasteiger partial charge on any atom is -0.475 e. The Bertz CT molecular complexity index is 1280. The molecule has 1 heterocycles. The van der Waals surface area contributed by atoms with Crippen LogP contribution >= 0.6 is 11.8 Å². The van der Waals surface area contributed by atoms with Crippen LogP contribution in [0.4, 0.5) is 0 Å². The number of esters is 1. The van der Waals surface area contributed by atoms with Crippen LogP contribution in [0.5, 0.6) is 0 Å². The van der Waals surface area contributed by atoms with Crippen molar-refractivity contribution in [1.82, 2.24) is 0 Å². The number of hydrogen-bond acceptors (Lipinski definition) is 7. The molecule has 0 fully saturated rings. The van der Waals surface area contributed by atoms with Gasteiger partial charge in [-0.15, -0.1) is 11.8 Å². The van der Waals surface area contributed by atoms with Crippen molar-refractivity contribution in [2.45, 2.75) is 55.3 Å². The van der Waals surface area contributed by atoms with Gasteiger partial charge in [-0.2, -0.15) is 0 Å². The van der Waals surface area contributed by atoms with E-state index in [1.54, 1.807) is 6.07 Å². The fraction of sp³-hybridized carbons (Fsp3) is 0.321. The zero-order valence-corrected chi connectivity index (χ0v) is 21.1. The van der Waals surface area contributed by atoms with E-state index in [1.807, 2.05) is 55.5 Å². The molecule has 2 atom stereocenters. The van der Waals surface area contributed by atoms with Crippen molar-refractivity contribution in [2.24, 2.45) is 0 Å². The first-order valence-electron chi connectivity index (χ1n) is 11.8. The van der Waals surface area contributed by atoms with E-state index in [9.17, 15) is 24.6 Å². The summed E-state index contributed by atoms with van der Waals surface area (Å²) in [5, 5.41) is 20.4. The summed E-state index contributed by atoms with van der Waals surface area (Å²) >= 11 is 1.42. The van der Waals surface area contributed by atoms with Crippen LogP contribution in [0.2, 0.25) is 0 Å². The molecule has 2 aromatic carbocycles. The lowest BCUT2D eigenvalue weighted by molar-refractivity contribution is -0.140. The Morgan fingerprint density at radius 2 is 1.92 bits per heavy atom. The Labute approximate surface area is 213 Å². The van der Waals surface area contributed by atoms with Gasteiger partial charge in [-0.05, 0) is 37.0 Å². The van der Waals surface area contributed by atoms with Gasteiger partial charge >= 0.3 is 11.9 Å². The van der Waals surface area contributed by atoms with E-state index in [0.29, 0.717) is 24.6 Å². The van der Waals surface area contributed by atoms with E-state index < -0.39 is 23.3 Å². The number of carbonyl (C=O) groups is 2. The summed E-state index contributed by atoms with van der Waals surface area (Å²) < 4.78 is 10.4. The average Bonchev–Trinajstić information content (AvgIpc) is 2.87. The number of carboxylic acids is 1. The molecule has 0 saturated carbocycles. The van der Waals surface area contributed by atoms with Crippen molar-refractivity contribution in [1.29, 1.82) is 0 Å². The second-order valence-corrected chi connectivity index (χ2v) is 9.56. The number of aliphatic hydroxyl groups excluding tert-OH is 1. The third-order valence-corrected chi connectivity index (χ3v) is 7.08. The van der Waals surface area contributed by atoms with Crippen LogP contribution in [0, 0.1) is 0 Å². The van der Waals surface area contributed by atoms with Crippen LogP contribution in [0.25, 0.3) is 17.0 Å². The molecule has 0 radical (unpaired) electrons. The highest BCUT2D eigenvalue weighted by atomic mass is 32.2. The average molecular weight is 511 g/mol. The maximum absolute atomic E-state index is 12.5. The zero-order valence-electron chi connectivity index (χ0n) is 20.3. The van der Waals surface area contributed by atoms with Crippen LogP contribution in [0.15, 0.2) is 68.7 Å². The van der Waals surface area contributed by atoms with E-state index in [2.05, 4.69) is 0 Å². The number of aryl methyl sites for hydroxylation is 1. The SMILES string of the molecule is CCCc1c(SC(/C=C/c2ccccc2)C(O)CCCC(=O)OC)ccc2c(=O)cc(C(=O)O)oc12. The van der Waals surface area contributed by atoms with Gasteiger partial charge in [-0.1, -0.05) is 55.8 Å². The molecule has 1 aromatic heterocycles. The van der Waals surface area contributed by atoms with Gasteiger partial charge in [0.15, 0.2) is 5.43 Å². The summed E-state index contributed by atoms with van der Waals surface area (Å²) in [6.45, 7) is 1.99. The molecule has 7 nitrogen and oxygen atoms in total. The number of fused-ring (bicyclic) bond motifs is 1. The number of aromatic carboxylic acids is 1. The monoisotopic (exact) mass is 510 g/mol. The van der Waals surface area contributed by atoms with Crippen molar-refractivity contribution in [3.8, 4) is 0 Å². The molecule has 2 unspecified atom stereocenters. The van der Waals surface area contributed by atoms with E-state index in [1.165, 1.54) is 18.9 Å². The Kier molecular flexibility index (Phi) is 9.90. The number of hydrogen-bond donors (Lipinski definition) is 2. The number of benzene rings is 2. The maximum Gasteiger partial charge on any atom is 0.371 e. The highest BCUT2D eigenvalue weighted by Crippen LogP contribution is 2.35. The molecular weight excluding hydrogens is 480 g/mol. The standard InChI is InChI=1S/C28H30O7S/c1-3-8-20-24(16-14-19-22(30)17-23(28(32)33)35-27(19)20)36-25(15-13-18-9-5-4-6-10-18)21(29)11-7-12-26(31)34-2/h4-6,9-10,13-17,21,25,29H,3,7-8,11-12H2,1-2H3,(H,32,33)/b15-13+. The first-order chi connectivity index (χ1) is 17.3. The molecule has 0 bridgehead atoms. The molecule has 0 aliphatic carbocycles. The van der Waals surface area contributed by atoms with Crippen LogP contribution in [-0.4, -0.2) is 40.6 Å². The van der Waals surface area contributed by atoms with Gasteiger partial charge in [0.05, 0.1) is 23.8 Å². The van der Waals surface area contributed by atoms with Crippen molar-refractivity contribution in [3.05, 3.63) is 81.7 Å². The maximum atomic E-state index is 12.5. The second kappa shape index (κ2) is 13.1. The fourth-order valence-corrected chi connectivity index (χ4v) is 5.07. The Morgan fingerprint density at radius 3 is 2.58 bits per heavy atom. The number of aliphatic hydroxyl groups is 1. The van der Waals surface area contributed by atoms with E-state index in [-0.39, 0.29) is 23.2 Å². The largest absolute Gasteiger partial charge is 0.475 e. The summed E-state index contributed by atoms with van der Waals surface area (Å²) in [6, 6.07) is 14.2. The molecule has 0 aliphatic heterocycles. The smallest absolute Gasteiger partial charge is 0.371 e. The summed E-state index contributed by atoms with van der Waals surface area (Å²) in [7, 11) is 1.34. The summed E-state index contributed by atoms with van der Waals surface area (Å²) in [5.41, 5.74) is 1.57. The first-order valence-corrected chi connectivity index (χ1v) is 12.7. The van der Waals surface area contributed by atoms with Crippen molar-refractivity contribution >= 4 is 40.7 Å². The quantitative estimate of drug-likeness (QED) is 0.249. The van der Waals surface area contributed by atoms with Crippen LogP contribution < -0.4 is 5.43 Å². The molecule has 2 N–H and O–H groups in total. The number of carboxylic acid groups (broad SMARTS) is 1. The van der Waals surface area contributed by atoms with Crippen molar-refractivity contribution in [2.75, 3.05) is 7.11 Å². The molecule has 190 valence electrons. The summed E-state index contributed by atoms with van der Waals surface area (Å²) in [6.07, 6.45) is 5.49. The number of carbonyl (C=O) groups excluding carboxylic acids is 1. The third-order valence-electron chi connectivity index (χ3n) is 5.70. The zero-order chi connectivity index (χ0) is 26.1. The lowest BCUT2D eigenvalue weighted by Gasteiger charge is -2.21. The minimum atomic E-state index is -1.31. The molecule has 0 amide bonds. The van der Waals surface area contributed by atoms with Crippen LogP contribution in [-0.2, 0) is 16.0 Å². The Hall–Kier alpha value is -3.36. The van der Waals surface area contributed by atoms with Gasteiger partial charge in [0, 0.05) is 22.9 Å². The van der Waals surface area contributed by atoms with E-state index in [0.717, 1.165) is 28.5 Å². The highest BCUT2D eigenvalue weighted by Gasteiger charge is 2.22. The Balaban J connectivity index is 1.99. The predicted molar refractivity (Wildman–Crippen MR) is 140 cm³/mol. The number of methoxy groups -OCH3 is 1. The molecule has 0 aliphatic rings. The molecule has 3 aromatic rings. The van der Waals surface area contributed by atoms with Gasteiger partial charge in [0.25, 0.3) is 0 Å². The molecule has 8 heteroatoms. The molecule has 0 spiro atoms. The first kappa shape index (κ1) is 27.2. The minimum absolute atomic E-state index is 0.216. The van der Waals surface area contributed by atoms with Gasteiger partial charge in [0.2, 0.25) is 5.76 Å². The lowest BCUT2D eigenvalue weighted by Crippen LogP contribution is -2.21. The van der Waals surface area contributed by atoms with Gasteiger partial charge in [0.1, 0.15) is 5.58 Å². The number of ether oxygens (including phenoxy) is 1. The molecule has 3 rings (SSSR count). The molecular formula is C28H30O7S. The second-order valence-electron chi connectivity index (χ2n) is 8.34. The summed E-state index contributed by atoms with van der Waals surface area (Å²) in [5.74, 6) is -2.04. The van der Waals surface area contributed by atoms with Crippen LogP contribution in [0.1, 0.15) is 54.3 Å². The van der Waals surface area contributed by atoms with Gasteiger partial charge < -0.3 is 19.4 Å². The third kappa shape index (κ3) is 7.08. The number of thioether (sulfide) groups is 1. The van der Waals surface area contributed by atoms with Gasteiger partial charge in [-0.25, -0.2) is 4.79 Å². The van der Waals surface area contributed by atoms with Crippen molar-refractivity contribution in [3.63, 3.8) is 0 Å². The van der Waals surface area contributed by atoms with Gasteiger partial charge in [-0.3, -0.25) is 9.59 Å². The Morgan fingerprint density at radius 1 is 1.17 bits per heavy atom. The lowest BCUT2D eigenvalue weighted by atomic mass is 10.1. The highest BCUT2D eigenvalue weighted by molar-refractivity contribution is 8.00. The number of rotatable bonds is 12. The summed E-state index contributed by atoms with van der Waals surface area (Å²) in [4.78, 5) is 36.3. The predicted octanol–water partition coefficient (Wildman–Crippen LogP) is 5.32. The van der Waals surface area contributed by atoms with E-state index >= 15 is 0 Å². The molecule has 0 saturated heterocycles. The fourth-order valence-electron chi connectivity index (χ4n) is 3.84. The van der Waals surface area contributed by atoms with Crippen molar-refractivity contribution < 1.29 is 29.0 Å². The normalized spacial score (nSPS) is 13.1.